The van der Waals surface area contributed by atoms with E-state index in [1.54, 1.807) is 23.1 Å². The van der Waals surface area contributed by atoms with Gasteiger partial charge in [-0.25, -0.2) is 0 Å². The summed E-state index contributed by atoms with van der Waals surface area (Å²) in [6.07, 6.45) is 0.994. The largest absolute Gasteiger partial charge is 0.508 e. The van der Waals surface area contributed by atoms with Crippen molar-refractivity contribution in [3.8, 4) is 5.75 Å². The van der Waals surface area contributed by atoms with Gasteiger partial charge in [0.2, 0.25) is 0 Å². The van der Waals surface area contributed by atoms with Gasteiger partial charge >= 0.3 is 0 Å². The van der Waals surface area contributed by atoms with E-state index >= 15 is 0 Å². The number of aromatic amines is 1. The van der Waals surface area contributed by atoms with E-state index in [1.807, 2.05) is 24.3 Å². The van der Waals surface area contributed by atoms with Crippen LogP contribution in [0, 0.1) is 5.92 Å². The van der Waals surface area contributed by atoms with Crippen molar-refractivity contribution < 1.29 is 19.8 Å². The number of amides is 2. The molecule has 1 aromatic heterocycles. The van der Waals surface area contributed by atoms with Crippen molar-refractivity contribution in [2.75, 3.05) is 19.7 Å². The van der Waals surface area contributed by atoms with Crippen LogP contribution in [-0.2, 0) is 0 Å². The molecule has 3 aromatic carbocycles. The SMILES string of the molecule is O=C(NC1CCN(C(=O)c2n[nH]c3ccc(O)cc23)CCC1CO)c1cc2ccccc2cc1Cl. The summed E-state index contributed by atoms with van der Waals surface area (Å²) < 4.78 is 0. The van der Waals surface area contributed by atoms with Crippen molar-refractivity contribution in [2.45, 2.75) is 18.9 Å². The van der Waals surface area contributed by atoms with Crippen LogP contribution in [0.5, 0.6) is 5.75 Å². The monoisotopic (exact) mass is 492 g/mol. The lowest BCUT2D eigenvalue weighted by Crippen LogP contribution is -2.42. The number of halogens is 1. The van der Waals surface area contributed by atoms with E-state index in [1.165, 1.54) is 12.1 Å². The summed E-state index contributed by atoms with van der Waals surface area (Å²) in [5, 5.41) is 32.6. The van der Waals surface area contributed by atoms with Crippen LogP contribution in [0.3, 0.4) is 0 Å². The lowest BCUT2D eigenvalue weighted by molar-refractivity contribution is 0.0753. The molecule has 4 aromatic rings. The minimum absolute atomic E-state index is 0.0549. The van der Waals surface area contributed by atoms with Crippen molar-refractivity contribution >= 4 is 45.1 Å². The van der Waals surface area contributed by atoms with Crippen molar-refractivity contribution in [1.82, 2.24) is 20.4 Å². The van der Waals surface area contributed by atoms with E-state index in [0.29, 0.717) is 47.4 Å². The second-order valence-electron chi connectivity index (χ2n) is 8.87. The summed E-state index contributed by atoms with van der Waals surface area (Å²) in [4.78, 5) is 28.1. The first-order valence-electron chi connectivity index (χ1n) is 11.5. The number of likely N-dealkylation sites (tertiary alicyclic amines) is 1. The summed E-state index contributed by atoms with van der Waals surface area (Å²) >= 11 is 6.41. The molecule has 0 bridgehead atoms. The third-order valence-corrected chi connectivity index (χ3v) is 7.03. The third kappa shape index (κ3) is 4.54. The van der Waals surface area contributed by atoms with Crippen molar-refractivity contribution in [1.29, 1.82) is 0 Å². The topological polar surface area (TPSA) is 119 Å². The Kier molecular flexibility index (Phi) is 6.32. The van der Waals surface area contributed by atoms with E-state index in [9.17, 15) is 19.8 Å². The summed E-state index contributed by atoms with van der Waals surface area (Å²) in [6.45, 7) is 0.691. The molecule has 1 saturated heterocycles. The summed E-state index contributed by atoms with van der Waals surface area (Å²) in [5.41, 5.74) is 1.27. The van der Waals surface area contributed by atoms with E-state index in [2.05, 4.69) is 15.5 Å². The average Bonchev–Trinajstić information content (AvgIpc) is 3.16. The number of H-pyrrole nitrogens is 1. The normalized spacial score (nSPS) is 18.5. The number of benzene rings is 3. The molecule has 180 valence electrons. The molecule has 35 heavy (non-hydrogen) atoms. The first-order chi connectivity index (χ1) is 16.9. The molecule has 8 nitrogen and oxygen atoms in total. The smallest absolute Gasteiger partial charge is 0.274 e. The van der Waals surface area contributed by atoms with Crippen molar-refractivity contribution in [3.05, 3.63) is 70.9 Å². The Balaban J connectivity index is 1.33. The molecule has 4 N–H and O–H groups in total. The molecule has 2 heterocycles. The van der Waals surface area contributed by atoms with Crippen LogP contribution in [0.4, 0.5) is 0 Å². The maximum absolute atomic E-state index is 13.2. The number of aromatic hydroxyl groups is 1. The summed E-state index contributed by atoms with van der Waals surface area (Å²) in [6, 6.07) is 15.6. The number of phenols is 1. The highest BCUT2D eigenvalue weighted by Crippen LogP contribution is 2.27. The van der Waals surface area contributed by atoms with Gasteiger partial charge in [0.05, 0.1) is 16.1 Å². The number of rotatable bonds is 4. The highest BCUT2D eigenvalue weighted by Gasteiger charge is 2.31. The first-order valence-corrected chi connectivity index (χ1v) is 11.9. The minimum Gasteiger partial charge on any atom is -0.508 e. The number of fused-ring (bicyclic) bond motifs is 2. The Morgan fingerprint density at radius 1 is 1.09 bits per heavy atom. The number of aliphatic hydroxyl groups excluding tert-OH is 1. The van der Waals surface area contributed by atoms with Crippen LogP contribution >= 0.6 is 11.6 Å². The van der Waals surface area contributed by atoms with E-state index in [0.717, 1.165) is 10.8 Å². The Labute approximate surface area is 206 Å². The predicted octanol–water partition coefficient (Wildman–Crippen LogP) is 3.72. The van der Waals surface area contributed by atoms with Gasteiger partial charge in [-0.15, -0.1) is 0 Å². The Hall–Kier alpha value is -3.62. The zero-order valence-electron chi connectivity index (χ0n) is 18.9. The molecule has 2 amide bonds. The second-order valence-corrected chi connectivity index (χ2v) is 9.28. The molecule has 1 fully saturated rings. The van der Waals surface area contributed by atoms with Gasteiger partial charge in [-0.1, -0.05) is 35.9 Å². The fraction of sp³-hybridized carbons (Fsp3) is 0.269. The number of aliphatic hydroxyl groups is 1. The first kappa shape index (κ1) is 23.1. The molecule has 0 radical (unpaired) electrons. The molecule has 0 aliphatic carbocycles. The van der Waals surface area contributed by atoms with Crippen LogP contribution in [0.2, 0.25) is 5.02 Å². The van der Waals surface area contributed by atoms with Crippen molar-refractivity contribution in [3.63, 3.8) is 0 Å². The third-order valence-electron chi connectivity index (χ3n) is 6.72. The molecular formula is C26H25ClN4O4. The van der Waals surface area contributed by atoms with E-state index in [-0.39, 0.29) is 41.8 Å². The van der Waals surface area contributed by atoms with Crippen LogP contribution in [0.25, 0.3) is 21.7 Å². The molecule has 5 rings (SSSR count). The second kappa shape index (κ2) is 9.56. The van der Waals surface area contributed by atoms with Gasteiger partial charge in [-0.2, -0.15) is 5.10 Å². The highest BCUT2D eigenvalue weighted by atomic mass is 35.5. The van der Waals surface area contributed by atoms with Gasteiger partial charge < -0.3 is 20.4 Å². The molecule has 1 aliphatic rings. The van der Waals surface area contributed by atoms with Gasteiger partial charge in [0.15, 0.2) is 5.69 Å². The molecule has 0 spiro atoms. The molecule has 9 heteroatoms. The van der Waals surface area contributed by atoms with Crippen molar-refractivity contribution in [2.24, 2.45) is 5.92 Å². The summed E-state index contributed by atoms with van der Waals surface area (Å²) in [7, 11) is 0. The lowest BCUT2D eigenvalue weighted by atomic mass is 9.95. The number of nitrogens with zero attached hydrogens (tertiary/aromatic N) is 2. The minimum atomic E-state index is -0.326. The molecule has 1 aliphatic heterocycles. The number of aromatic nitrogens is 2. The predicted molar refractivity (Wildman–Crippen MR) is 134 cm³/mol. The number of carbonyl (C=O) groups is 2. The van der Waals surface area contributed by atoms with Crippen LogP contribution < -0.4 is 5.32 Å². The molecule has 2 atom stereocenters. The molecular weight excluding hydrogens is 468 g/mol. The average molecular weight is 493 g/mol. The number of phenolic OH excluding ortho intramolecular Hbond substituents is 1. The lowest BCUT2D eigenvalue weighted by Gasteiger charge is -2.24. The van der Waals surface area contributed by atoms with Gasteiger partial charge in [-0.05, 0) is 53.9 Å². The van der Waals surface area contributed by atoms with E-state index < -0.39 is 0 Å². The highest BCUT2D eigenvalue weighted by molar-refractivity contribution is 6.34. The van der Waals surface area contributed by atoms with Crippen LogP contribution in [0.1, 0.15) is 33.7 Å². The van der Waals surface area contributed by atoms with Gasteiger partial charge in [-0.3, -0.25) is 14.7 Å². The van der Waals surface area contributed by atoms with E-state index in [4.69, 9.17) is 11.6 Å². The van der Waals surface area contributed by atoms with Gasteiger partial charge in [0.25, 0.3) is 11.8 Å². The maximum atomic E-state index is 13.2. The quantitative estimate of drug-likeness (QED) is 0.346. The zero-order chi connectivity index (χ0) is 24.5. The van der Waals surface area contributed by atoms with Crippen LogP contribution in [-0.4, -0.2) is 62.9 Å². The van der Waals surface area contributed by atoms with Gasteiger partial charge in [0.1, 0.15) is 5.75 Å². The number of carbonyl (C=O) groups excluding carboxylic acids is 2. The van der Waals surface area contributed by atoms with Crippen LogP contribution in [0.15, 0.2) is 54.6 Å². The maximum Gasteiger partial charge on any atom is 0.274 e. The fourth-order valence-electron chi connectivity index (χ4n) is 4.72. The number of nitrogens with one attached hydrogen (secondary N) is 2. The standard InChI is InChI=1S/C26H25ClN4O4/c27-21-12-16-4-2-1-3-15(16)11-19(21)25(34)28-22-8-10-31(9-7-17(22)14-32)26(35)24-20-13-18(33)5-6-23(20)29-30-24/h1-6,11-13,17,22,32-33H,7-10,14H2,(H,28,34)(H,29,30). The Bertz CT molecular complexity index is 1420. The summed E-state index contributed by atoms with van der Waals surface area (Å²) in [5.74, 6) is -0.726. The molecule has 2 unspecified atom stereocenters. The fourth-order valence-corrected chi connectivity index (χ4v) is 4.98. The number of hydrogen-bond acceptors (Lipinski definition) is 5. The Morgan fingerprint density at radius 2 is 1.83 bits per heavy atom. The molecule has 0 saturated carbocycles. The zero-order valence-corrected chi connectivity index (χ0v) is 19.6. The number of hydrogen-bond donors (Lipinski definition) is 4. The van der Waals surface area contributed by atoms with Gasteiger partial charge in [0, 0.05) is 37.0 Å². The Morgan fingerprint density at radius 3 is 2.60 bits per heavy atom.